The fourth-order valence-corrected chi connectivity index (χ4v) is 2.29. The first-order valence-electron chi connectivity index (χ1n) is 6.41. The van der Waals surface area contributed by atoms with Crippen molar-refractivity contribution in [3.8, 4) is 5.88 Å². The van der Waals surface area contributed by atoms with E-state index in [2.05, 4.69) is 43.2 Å². The maximum absolute atomic E-state index is 5.05. The van der Waals surface area contributed by atoms with Gasteiger partial charge in [-0.2, -0.15) is 0 Å². The molecule has 0 fully saturated rings. The van der Waals surface area contributed by atoms with E-state index in [0.717, 1.165) is 12.1 Å². The fraction of sp³-hybridized carbons (Fsp3) is 0.312. The van der Waals surface area contributed by atoms with Gasteiger partial charge in [0.1, 0.15) is 0 Å². The number of pyridine rings is 1. The minimum absolute atomic E-state index is 0.645. The number of rotatable bonds is 4. The molecule has 0 saturated carbocycles. The highest BCUT2D eigenvalue weighted by Gasteiger charge is 2.03. The van der Waals surface area contributed by atoms with E-state index < -0.39 is 0 Å². The molecule has 2 rings (SSSR count). The van der Waals surface area contributed by atoms with Crippen LogP contribution in [-0.4, -0.2) is 12.1 Å². The van der Waals surface area contributed by atoms with Gasteiger partial charge in [0, 0.05) is 24.5 Å². The smallest absolute Gasteiger partial charge is 0.212 e. The van der Waals surface area contributed by atoms with Crippen molar-refractivity contribution in [3.05, 3.63) is 52.7 Å². The van der Waals surface area contributed by atoms with Gasteiger partial charge in [0.15, 0.2) is 0 Å². The molecule has 3 nitrogen and oxygen atoms in total. The summed E-state index contributed by atoms with van der Waals surface area (Å²) in [6.07, 6.45) is 1.84. The molecule has 19 heavy (non-hydrogen) atoms. The number of hydrogen-bond acceptors (Lipinski definition) is 3. The minimum Gasteiger partial charge on any atom is -0.481 e. The number of nitrogens with one attached hydrogen (secondary N) is 1. The van der Waals surface area contributed by atoms with Crippen molar-refractivity contribution in [1.82, 2.24) is 4.98 Å². The van der Waals surface area contributed by atoms with E-state index in [4.69, 9.17) is 4.74 Å². The number of ether oxygens (including phenoxy) is 1. The summed E-state index contributed by atoms with van der Waals surface area (Å²) in [7, 11) is 1.62. The Hall–Kier alpha value is -2.03. The first-order chi connectivity index (χ1) is 9.10. The van der Waals surface area contributed by atoms with Gasteiger partial charge in [-0.05, 0) is 37.5 Å². The number of anilines is 1. The van der Waals surface area contributed by atoms with Crippen LogP contribution < -0.4 is 10.1 Å². The molecule has 0 amide bonds. The summed E-state index contributed by atoms with van der Waals surface area (Å²) < 4.78 is 5.05. The Morgan fingerprint density at radius 3 is 2.32 bits per heavy atom. The van der Waals surface area contributed by atoms with Crippen molar-refractivity contribution in [2.45, 2.75) is 27.3 Å². The van der Waals surface area contributed by atoms with Gasteiger partial charge < -0.3 is 10.1 Å². The molecule has 0 unspecified atom stereocenters. The van der Waals surface area contributed by atoms with E-state index in [0.29, 0.717) is 5.88 Å². The molecule has 0 aliphatic rings. The maximum atomic E-state index is 5.05. The summed E-state index contributed by atoms with van der Waals surface area (Å²) >= 11 is 0. The highest BCUT2D eigenvalue weighted by Crippen LogP contribution is 2.22. The largest absolute Gasteiger partial charge is 0.481 e. The van der Waals surface area contributed by atoms with E-state index >= 15 is 0 Å². The lowest BCUT2D eigenvalue weighted by molar-refractivity contribution is 0.397. The Morgan fingerprint density at radius 2 is 1.79 bits per heavy atom. The molecule has 0 bridgehead atoms. The molecule has 0 radical (unpaired) electrons. The van der Waals surface area contributed by atoms with Crippen LogP contribution in [0.15, 0.2) is 30.5 Å². The topological polar surface area (TPSA) is 34.1 Å². The SMILES string of the molecule is COc1ccc(CNc2c(C)cc(C)cc2C)cn1. The van der Waals surface area contributed by atoms with Crippen LogP contribution in [0.25, 0.3) is 0 Å². The number of benzene rings is 1. The summed E-state index contributed by atoms with van der Waals surface area (Å²) in [4.78, 5) is 4.21. The Morgan fingerprint density at radius 1 is 1.11 bits per heavy atom. The lowest BCUT2D eigenvalue weighted by Gasteiger charge is -2.14. The molecule has 0 aliphatic carbocycles. The molecule has 2 aromatic rings. The predicted molar refractivity (Wildman–Crippen MR) is 78.8 cm³/mol. The molecular formula is C16H20N2O. The monoisotopic (exact) mass is 256 g/mol. The van der Waals surface area contributed by atoms with Gasteiger partial charge >= 0.3 is 0 Å². The number of nitrogens with zero attached hydrogens (tertiary/aromatic N) is 1. The van der Waals surface area contributed by atoms with Gasteiger partial charge in [0.05, 0.1) is 7.11 Å². The number of aromatic nitrogens is 1. The summed E-state index contributed by atoms with van der Waals surface area (Å²) in [5.41, 5.74) is 6.20. The van der Waals surface area contributed by atoms with E-state index in [1.54, 1.807) is 7.11 Å². The number of methoxy groups -OCH3 is 1. The van der Waals surface area contributed by atoms with Gasteiger partial charge in [-0.3, -0.25) is 0 Å². The molecule has 1 aromatic carbocycles. The normalized spacial score (nSPS) is 10.3. The summed E-state index contributed by atoms with van der Waals surface area (Å²) in [6, 6.07) is 8.30. The van der Waals surface area contributed by atoms with Crippen LogP contribution in [0.2, 0.25) is 0 Å². The summed E-state index contributed by atoms with van der Waals surface area (Å²) in [5.74, 6) is 0.645. The molecular weight excluding hydrogens is 236 g/mol. The molecule has 3 heteroatoms. The van der Waals surface area contributed by atoms with Crippen LogP contribution in [0.5, 0.6) is 5.88 Å². The Bertz CT molecular complexity index is 538. The van der Waals surface area contributed by atoms with Gasteiger partial charge in [0.2, 0.25) is 5.88 Å². The second kappa shape index (κ2) is 5.74. The minimum atomic E-state index is 0.645. The van der Waals surface area contributed by atoms with E-state index in [9.17, 15) is 0 Å². The lowest BCUT2D eigenvalue weighted by atomic mass is 10.0. The van der Waals surface area contributed by atoms with Crippen LogP contribution in [0.4, 0.5) is 5.69 Å². The Balaban J connectivity index is 2.10. The second-order valence-electron chi connectivity index (χ2n) is 4.84. The third-order valence-corrected chi connectivity index (χ3v) is 3.15. The zero-order chi connectivity index (χ0) is 13.8. The van der Waals surface area contributed by atoms with Crippen molar-refractivity contribution in [2.75, 3.05) is 12.4 Å². The zero-order valence-electron chi connectivity index (χ0n) is 11.9. The number of hydrogen-bond donors (Lipinski definition) is 1. The average Bonchev–Trinajstić information content (AvgIpc) is 2.38. The van der Waals surface area contributed by atoms with Crippen LogP contribution in [-0.2, 0) is 6.54 Å². The van der Waals surface area contributed by atoms with Gasteiger partial charge in [-0.25, -0.2) is 4.98 Å². The fourth-order valence-electron chi connectivity index (χ4n) is 2.29. The first kappa shape index (κ1) is 13.4. The van der Waals surface area contributed by atoms with Crippen molar-refractivity contribution >= 4 is 5.69 Å². The highest BCUT2D eigenvalue weighted by atomic mass is 16.5. The molecule has 0 spiro atoms. The van der Waals surface area contributed by atoms with Gasteiger partial charge in [-0.1, -0.05) is 23.8 Å². The van der Waals surface area contributed by atoms with Gasteiger partial charge in [0.25, 0.3) is 0 Å². The molecule has 0 aliphatic heterocycles. The van der Waals surface area contributed by atoms with Crippen LogP contribution >= 0.6 is 0 Å². The quantitative estimate of drug-likeness (QED) is 0.907. The van der Waals surface area contributed by atoms with Crippen molar-refractivity contribution in [3.63, 3.8) is 0 Å². The summed E-state index contributed by atoms with van der Waals surface area (Å²) in [5, 5.41) is 3.48. The van der Waals surface area contributed by atoms with E-state index in [1.165, 1.54) is 22.4 Å². The maximum Gasteiger partial charge on any atom is 0.212 e. The Kier molecular flexibility index (Phi) is 4.05. The highest BCUT2D eigenvalue weighted by molar-refractivity contribution is 5.58. The molecule has 100 valence electrons. The molecule has 1 heterocycles. The second-order valence-corrected chi connectivity index (χ2v) is 4.84. The summed E-state index contributed by atoms with van der Waals surface area (Å²) in [6.45, 7) is 7.15. The molecule has 1 N–H and O–H groups in total. The van der Waals surface area contributed by atoms with Crippen molar-refractivity contribution in [1.29, 1.82) is 0 Å². The average molecular weight is 256 g/mol. The van der Waals surface area contributed by atoms with E-state index in [1.807, 2.05) is 18.3 Å². The first-order valence-corrected chi connectivity index (χ1v) is 6.41. The zero-order valence-corrected chi connectivity index (χ0v) is 11.9. The molecule has 0 saturated heterocycles. The Labute approximate surface area is 114 Å². The standard InChI is InChI=1S/C16H20N2O/c1-11-7-12(2)16(13(3)8-11)18-10-14-5-6-15(19-4)17-9-14/h5-9,18H,10H2,1-4H3. The van der Waals surface area contributed by atoms with E-state index in [-0.39, 0.29) is 0 Å². The van der Waals surface area contributed by atoms with Crippen molar-refractivity contribution in [2.24, 2.45) is 0 Å². The predicted octanol–water partition coefficient (Wildman–Crippen LogP) is 3.63. The number of aryl methyl sites for hydroxylation is 3. The van der Waals surface area contributed by atoms with Crippen molar-refractivity contribution < 1.29 is 4.74 Å². The molecule has 1 aromatic heterocycles. The van der Waals surface area contributed by atoms with Crippen LogP contribution in [0.3, 0.4) is 0 Å². The van der Waals surface area contributed by atoms with Crippen LogP contribution in [0.1, 0.15) is 22.3 Å². The molecule has 0 atom stereocenters. The van der Waals surface area contributed by atoms with Crippen LogP contribution in [0, 0.1) is 20.8 Å². The lowest BCUT2D eigenvalue weighted by Crippen LogP contribution is -2.04. The third-order valence-electron chi connectivity index (χ3n) is 3.15. The third kappa shape index (κ3) is 3.25. The van der Waals surface area contributed by atoms with Gasteiger partial charge in [-0.15, -0.1) is 0 Å².